The summed E-state index contributed by atoms with van der Waals surface area (Å²) in [7, 11) is -16.6. The van der Waals surface area contributed by atoms with Gasteiger partial charge < -0.3 is 0 Å². The number of hydrogen-bond donors (Lipinski definition) is 2. The van der Waals surface area contributed by atoms with Gasteiger partial charge in [-0.15, -0.1) is 0 Å². The Morgan fingerprint density at radius 3 is 1.14 bits per heavy atom. The van der Waals surface area contributed by atoms with Crippen LogP contribution in [0.4, 0.5) is 0 Å². The third-order valence-electron chi connectivity index (χ3n) is 5.18. The molecule has 1 fully saturated rings. The number of rotatable bonds is 10. The van der Waals surface area contributed by atoms with Crippen molar-refractivity contribution in [1.82, 2.24) is 0 Å². The van der Waals surface area contributed by atoms with Crippen molar-refractivity contribution < 1.29 is 42.8 Å². The topological polar surface area (TPSA) is 177 Å². The van der Waals surface area contributed by atoms with E-state index in [4.69, 9.17) is 9.11 Å². The van der Waals surface area contributed by atoms with Crippen LogP contribution in [0.3, 0.4) is 0 Å². The van der Waals surface area contributed by atoms with E-state index in [-0.39, 0.29) is 37.5 Å². The summed E-state index contributed by atoms with van der Waals surface area (Å²) in [6.07, 6.45) is -0.511. The van der Waals surface area contributed by atoms with Gasteiger partial charge in [0.1, 0.15) is 0 Å². The highest BCUT2D eigenvalue weighted by Gasteiger charge is 2.46. The summed E-state index contributed by atoms with van der Waals surface area (Å²) in [5.41, 5.74) is 0. The van der Waals surface area contributed by atoms with Crippen LogP contribution in [0.25, 0.3) is 0 Å². The molecule has 0 bridgehead atoms. The molecule has 0 spiro atoms. The molecule has 4 unspecified atom stereocenters. The van der Waals surface area contributed by atoms with Gasteiger partial charge in [-0.25, -0.2) is 16.8 Å². The Balaban J connectivity index is 3.04. The normalized spacial score (nSPS) is 27.6. The van der Waals surface area contributed by atoms with E-state index >= 15 is 0 Å². The molecule has 0 radical (unpaired) electrons. The van der Waals surface area contributed by atoms with Crippen molar-refractivity contribution in [2.24, 2.45) is 11.8 Å². The number of hydrogen-bond acceptors (Lipinski definition) is 8. The standard InChI is InChI=1S/C14H28O10S4/c1-11-9-13(25(15,16)5-3-7-27(19,20)21)14(10-12(11)2)26(17,18)6-4-8-28(22,23)24/h11-14H,3-10H2,1-2H3,(H,19,20,21)(H,22,23,24). The summed E-state index contributed by atoms with van der Waals surface area (Å²) in [4.78, 5) is 0. The Bertz CT molecular complexity index is 868. The van der Waals surface area contributed by atoms with Gasteiger partial charge >= 0.3 is 0 Å². The first-order valence-corrected chi connectivity index (χ1v) is 15.4. The first kappa shape index (κ1) is 25.8. The van der Waals surface area contributed by atoms with Gasteiger partial charge in [-0.3, -0.25) is 9.11 Å². The van der Waals surface area contributed by atoms with Crippen LogP contribution in [-0.4, -0.2) is 76.3 Å². The van der Waals surface area contributed by atoms with Crippen molar-refractivity contribution in [2.45, 2.75) is 50.0 Å². The fraction of sp³-hybridized carbons (Fsp3) is 1.00. The van der Waals surface area contributed by atoms with E-state index in [2.05, 4.69) is 0 Å². The minimum absolute atomic E-state index is 0.0642. The first-order chi connectivity index (χ1) is 12.4. The van der Waals surface area contributed by atoms with Gasteiger partial charge in [0.15, 0.2) is 19.7 Å². The quantitative estimate of drug-likeness (QED) is 0.406. The van der Waals surface area contributed by atoms with E-state index in [0.29, 0.717) is 0 Å². The van der Waals surface area contributed by atoms with E-state index in [0.717, 1.165) is 0 Å². The molecule has 0 aliphatic heterocycles. The van der Waals surface area contributed by atoms with Crippen LogP contribution in [0.15, 0.2) is 0 Å². The van der Waals surface area contributed by atoms with E-state index in [1.807, 2.05) is 13.8 Å². The van der Waals surface area contributed by atoms with Crippen molar-refractivity contribution in [1.29, 1.82) is 0 Å². The van der Waals surface area contributed by atoms with Gasteiger partial charge in [0.25, 0.3) is 20.2 Å². The largest absolute Gasteiger partial charge is 0.286 e. The minimum atomic E-state index is -4.33. The van der Waals surface area contributed by atoms with Crippen molar-refractivity contribution >= 4 is 39.9 Å². The molecule has 0 aromatic heterocycles. The summed E-state index contributed by atoms with van der Waals surface area (Å²) in [6.45, 7) is 3.62. The van der Waals surface area contributed by atoms with Crippen LogP contribution in [0.2, 0.25) is 0 Å². The maximum Gasteiger partial charge on any atom is 0.264 e. The van der Waals surface area contributed by atoms with E-state index in [1.54, 1.807) is 0 Å². The Morgan fingerprint density at radius 1 is 0.607 bits per heavy atom. The zero-order chi connectivity index (χ0) is 22.0. The highest BCUT2D eigenvalue weighted by Crippen LogP contribution is 2.37. The van der Waals surface area contributed by atoms with Gasteiger partial charge in [-0.05, 0) is 37.5 Å². The molecule has 1 rings (SSSR count). The van der Waals surface area contributed by atoms with Crippen LogP contribution in [0.1, 0.15) is 39.5 Å². The predicted molar refractivity (Wildman–Crippen MR) is 105 cm³/mol. The molecule has 0 saturated heterocycles. The van der Waals surface area contributed by atoms with Crippen LogP contribution < -0.4 is 0 Å². The Kier molecular flexibility index (Phi) is 8.51. The molecule has 0 aromatic carbocycles. The molecule has 0 aromatic rings. The molecule has 10 nitrogen and oxygen atoms in total. The third kappa shape index (κ3) is 8.22. The molecule has 0 amide bonds. The SMILES string of the molecule is CC1CC(S(=O)(=O)CCCS(=O)(=O)O)C(S(=O)(=O)CCCS(=O)(=O)O)CC1C. The average Bonchev–Trinajstić information content (AvgIpc) is 2.46. The Morgan fingerprint density at radius 2 is 0.893 bits per heavy atom. The predicted octanol–water partition coefficient (Wildman–Crippen LogP) is 0.175. The summed E-state index contributed by atoms with van der Waals surface area (Å²) < 4.78 is 112. The smallest absolute Gasteiger partial charge is 0.264 e. The first-order valence-electron chi connectivity index (χ1n) is 8.78. The molecule has 4 atom stereocenters. The van der Waals surface area contributed by atoms with E-state index in [9.17, 15) is 33.7 Å². The third-order valence-corrected chi connectivity index (χ3v) is 11.6. The summed E-state index contributed by atoms with van der Waals surface area (Å²) in [6, 6.07) is 0. The zero-order valence-corrected chi connectivity index (χ0v) is 19.0. The van der Waals surface area contributed by atoms with Crippen LogP contribution in [0.5, 0.6) is 0 Å². The molecule has 2 N–H and O–H groups in total. The summed E-state index contributed by atoms with van der Waals surface area (Å²) in [5, 5.41) is -2.45. The lowest BCUT2D eigenvalue weighted by Gasteiger charge is -2.38. The second-order valence-electron chi connectivity index (χ2n) is 7.52. The lowest BCUT2D eigenvalue weighted by atomic mass is 9.81. The van der Waals surface area contributed by atoms with Gasteiger partial charge in [-0.2, -0.15) is 16.8 Å². The van der Waals surface area contributed by atoms with Crippen molar-refractivity contribution in [3.8, 4) is 0 Å². The Labute approximate surface area is 167 Å². The molecule has 28 heavy (non-hydrogen) atoms. The van der Waals surface area contributed by atoms with Crippen LogP contribution in [-0.2, 0) is 39.9 Å². The highest BCUT2D eigenvalue weighted by molar-refractivity contribution is 7.96. The molecular weight excluding hydrogens is 456 g/mol. The maximum absolute atomic E-state index is 12.7. The fourth-order valence-corrected chi connectivity index (χ4v) is 9.88. The van der Waals surface area contributed by atoms with Crippen molar-refractivity contribution in [3.63, 3.8) is 0 Å². The molecule has 168 valence electrons. The van der Waals surface area contributed by atoms with Crippen LogP contribution >= 0.6 is 0 Å². The van der Waals surface area contributed by atoms with Gasteiger partial charge in [0.05, 0.1) is 33.5 Å². The van der Waals surface area contributed by atoms with Gasteiger partial charge in [-0.1, -0.05) is 13.8 Å². The second-order valence-corrected chi connectivity index (χ2v) is 15.3. The molecule has 14 heteroatoms. The van der Waals surface area contributed by atoms with Crippen LogP contribution in [0, 0.1) is 11.8 Å². The van der Waals surface area contributed by atoms with E-state index in [1.165, 1.54) is 0 Å². The summed E-state index contributed by atoms with van der Waals surface area (Å²) >= 11 is 0. The lowest BCUT2D eigenvalue weighted by Crippen LogP contribution is -2.48. The highest BCUT2D eigenvalue weighted by atomic mass is 32.2. The van der Waals surface area contributed by atoms with Crippen molar-refractivity contribution in [2.75, 3.05) is 23.0 Å². The van der Waals surface area contributed by atoms with Gasteiger partial charge in [0, 0.05) is 0 Å². The fourth-order valence-electron chi connectivity index (χ4n) is 3.44. The minimum Gasteiger partial charge on any atom is -0.286 e. The molecule has 1 aliphatic carbocycles. The zero-order valence-electron chi connectivity index (χ0n) is 15.8. The monoisotopic (exact) mass is 484 g/mol. The average molecular weight is 485 g/mol. The lowest BCUT2D eigenvalue weighted by molar-refractivity contribution is 0.279. The maximum atomic E-state index is 12.7. The molecular formula is C14H28O10S4. The van der Waals surface area contributed by atoms with E-state index < -0.39 is 73.4 Å². The summed E-state index contributed by atoms with van der Waals surface area (Å²) in [5.74, 6) is -2.75. The van der Waals surface area contributed by atoms with Crippen molar-refractivity contribution in [3.05, 3.63) is 0 Å². The molecule has 1 aliphatic rings. The van der Waals surface area contributed by atoms with Gasteiger partial charge in [0.2, 0.25) is 0 Å². The molecule has 0 heterocycles. The second kappa shape index (κ2) is 9.25. The number of sulfone groups is 2. The molecule has 1 saturated carbocycles. The Hall–Kier alpha value is -0.280.